The van der Waals surface area contributed by atoms with E-state index in [0.717, 1.165) is 12.8 Å². The van der Waals surface area contributed by atoms with Gasteiger partial charge in [0.25, 0.3) is 0 Å². The first-order valence-corrected chi connectivity index (χ1v) is 7.36. The van der Waals surface area contributed by atoms with Crippen LogP contribution in [-0.2, 0) is 14.4 Å². The molecular formula is C14H28N4O3. The molecule has 0 aliphatic rings. The Hall–Kier alpha value is -1.47. The minimum Gasteiger partial charge on any atom is -0.370 e. The minimum absolute atomic E-state index is 0.0321. The second kappa shape index (κ2) is 11.2. The van der Waals surface area contributed by atoms with Gasteiger partial charge < -0.3 is 21.7 Å². The van der Waals surface area contributed by atoms with Crippen molar-refractivity contribution >= 4 is 17.6 Å². The van der Waals surface area contributed by atoms with Crippen LogP contribution < -0.4 is 21.7 Å². The molecule has 0 saturated heterocycles. The van der Waals surface area contributed by atoms with Gasteiger partial charge in [-0.3, -0.25) is 14.4 Å². The summed E-state index contributed by atoms with van der Waals surface area (Å²) >= 11 is 0. The molecule has 0 aromatic rings. The van der Waals surface area contributed by atoms with Crippen LogP contribution in [0.25, 0.3) is 0 Å². The van der Waals surface area contributed by atoms with Crippen LogP contribution in [0.4, 0.5) is 0 Å². The molecule has 0 aliphatic carbocycles. The molecule has 2 unspecified atom stereocenters. The van der Waals surface area contributed by atoms with Crippen molar-refractivity contribution in [2.75, 3.05) is 27.2 Å². The molecule has 122 valence electrons. The summed E-state index contributed by atoms with van der Waals surface area (Å²) in [5.74, 6) is -1.10. The van der Waals surface area contributed by atoms with Crippen molar-refractivity contribution in [3.05, 3.63) is 0 Å². The third kappa shape index (κ3) is 8.41. The Morgan fingerprint density at radius 3 is 2.33 bits per heavy atom. The first-order valence-electron chi connectivity index (χ1n) is 7.36. The number of amides is 2. The fourth-order valence-corrected chi connectivity index (χ4v) is 2.10. The number of primary amides is 1. The van der Waals surface area contributed by atoms with E-state index in [0.29, 0.717) is 6.54 Å². The molecular weight excluding hydrogens is 272 g/mol. The lowest BCUT2D eigenvalue weighted by Crippen LogP contribution is -2.42. The second-order valence-electron chi connectivity index (χ2n) is 5.06. The summed E-state index contributed by atoms with van der Waals surface area (Å²) in [5, 5.41) is 8.54. The predicted octanol–water partition coefficient (Wildman–Crippen LogP) is -0.839. The van der Waals surface area contributed by atoms with E-state index >= 15 is 0 Å². The molecule has 0 aromatic carbocycles. The van der Waals surface area contributed by atoms with Crippen molar-refractivity contribution in [1.29, 1.82) is 0 Å². The zero-order valence-electron chi connectivity index (χ0n) is 13.2. The normalized spacial score (nSPS) is 13.5. The van der Waals surface area contributed by atoms with Crippen molar-refractivity contribution in [3.63, 3.8) is 0 Å². The summed E-state index contributed by atoms with van der Waals surface area (Å²) in [5.41, 5.74) is 5.02. The Morgan fingerprint density at radius 2 is 1.86 bits per heavy atom. The van der Waals surface area contributed by atoms with Gasteiger partial charge in [0, 0.05) is 25.9 Å². The van der Waals surface area contributed by atoms with Crippen LogP contribution in [0.3, 0.4) is 0 Å². The quantitative estimate of drug-likeness (QED) is 0.375. The molecule has 7 nitrogen and oxygen atoms in total. The highest BCUT2D eigenvalue weighted by Gasteiger charge is 2.24. The molecule has 0 aliphatic heterocycles. The Morgan fingerprint density at radius 1 is 1.19 bits per heavy atom. The maximum atomic E-state index is 12.2. The van der Waals surface area contributed by atoms with E-state index in [1.54, 1.807) is 14.1 Å². The number of likely N-dealkylation sites (N-methyl/N-ethyl adjacent to an activating group) is 1. The van der Waals surface area contributed by atoms with Gasteiger partial charge in [0.05, 0.1) is 12.0 Å². The average Bonchev–Trinajstić information content (AvgIpc) is 2.43. The molecule has 2 amide bonds. The molecule has 0 aromatic heterocycles. The summed E-state index contributed by atoms with van der Waals surface area (Å²) in [6, 6.07) is -0.215. The third-order valence-electron chi connectivity index (χ3n) is 3.25. The van der Waals surface area contributed by atoms with Gasteiger partial charge in [-0.2, -0.15) is 0 Å². The first kappa shape index (κ1) is 19.5. The van der Waals surface area contributed by atoms with E-state index in [1.807, 2.05) is 6.92 Å². The first-order chi connectivity index (χ1) is 9.96. The number of hydrogen-bond donors (Lipinski definition) is 4. The summed E-state index contributed by atoms with van der Waals surface area (Å²) in [6.45, 7) is 2.63. The van der Waals surface area contributed by atoms with E-state index in [2.05, 4.69) is 16.0 Å². The van der Waals surface area contributed by atoms with E-state index in [4.69, 9.17) is 5.73 Å². The summed E-state index contributed by atoms with van der Waals surface area (Å²) in [6.07, 6.45) is 1.93. The molecule has 0 spiro atoms. The maximum Gasteiger partial charge on any atom is 0.224 e. The second-order valence-corrected chi connectivity index (χ2v) is 5.06. The van der Waals surface area contributed by atoms with Crippen LogP contribution in [0.2, 0.25) is 0 Å². The average molecular weight is 300 g/mol. The molecule has 21 heavy (non-hydrogen) atoms. The number of hydrogen-bond acceptors (Lipinski definition) is 5. The number of rotatable bonds is 12. The van der Waals surface area contributed by atoms with Gasteiger partial charge in [0.15, 0.2) is 5.78 Å². The molecule has 0 bridgehead atoms. The van der Waals surface area contributed by atoms with Crippen LogP contribution >= 0.6 is 0 Å². The van der Waals surface area contributed by atoms with E-state index in [9.17, 15) is 14.4 Å². The summed E-state index contributed by atoms with van der Waals surface area (Å²) in [4.78, 5) is 34.9. The zero-order valence-corrected chi connectivity index (χ0v) is 13.2. The van der Waals surface area contributed by atoms with Crippen molar-refractivity contribution in [1.82, 2.24) is 16.0 Å². The number of nitrogens with one attached hydrogen (secondary N) is 3. The minimum atomic E-state index is -0.463. The van der Waals surface area contributed by atoms with Gasteiger partial charge in [-0.25, -0.2) is 0 Å². The number of ketones is 1. The van der Waals surface area contributed by atoms with E-state index < -0.39 is 11.8 Å². The molecule has 0 rings (SSSR count). The van der Waals surface area contributed by atoms with Crippen molar-refractivity contribution in [2.45, 2.75) is 38.6 Å². The van der Waals surface area contributed by atoms with Gasteiger partial charge in [-0.15, -0.1) is 0 Å². The monoisotopic (exact) mass is 300 g/mol. The zero-order chi connectivity index (χ0) is 16.3. The fourth-order valence-electron chi connectivity index (χ4n) is 2.10. The van der Waals surface area contributed by atoms with Gasteiger partial charge in [0.2, 0.25) is 11.8 Å². The largest absolute Gasteiger partial charge is 0.370 e. The standard InChI is InChI=1S/C14H28N4O3/c1-4-5-11(17-3)12(19)8-10(9-16-2)14(21)18-7-6-13(15)20/h10-11,16-17H,4-9H2,1-3H3,(H2,15,20)(H,18,21). The van der Waals surface area contributed by atoms with Gasteiger partial charge in [-0.1, -0.05) is 13.3 Å². The number of carbonyl (C=O) groups is 3. The Kier molecular flexibility index (Phi) is 10.4. The summed E-state index contributed by atoms with van der Waals surface area (Å²) < 4.78 is 0. The fraction of sp³-hybridized carbons (Fsp3) is 0.786. The van der Waals surface area contributed by atoms with Crippen LogP contribution in [0.15, 0.2) is 0 Å². The molecule has 0 saturated carbocycles. The summed E-state index contributed by atoms with van der Waals surface area (Å²) in [7, 11) is 3.48. The highest BCUT2D eigenvalue weighted by Crippen LogP contribution is 2.08. The molecule has 5 N–H and O–H groups in total. The van der Waals surface area contributed by atoms with Crippen LogP contribution in [0.5, 0.6) is 0 Å². The van der Waals surface area contributed by atoms with Crippen LogP contribution in [-0.4, -0.2) is 50.8 Å². The number of carbonyl (C=O) groups excluding carboxylic acids is 3. The number of Topliss-reactive ketones (excluding diaryl/α,β-unsaturated/α-hetero) is 1. The number of nitrogens with two attached hydrogens (primary N) is 1. The van der Waals surface area contributed by atoms with Gasteiger partial charge >= 0.3 is 0 Å². The Labute approximate surface area is 126 Å². The highest BCUT2D eigenvalue weighted by molar-refractivity contribution is 5.90. The molecule has 2 atom stereocenters. The maximum absolute atomic E-state index is 12.2. The molecule has 0 heterocycles. The lowest BCUT2D eigenvalue weighted by Gasteiger charge is -2.19. The van der Waals surface area contributed by atoms with Crippen molar-refractivity contribution in [2.24, 2.45) is 11.7 Å². The Balaban J connectivity index is 4.48. The van der Waals surface area contributed by atoms with Crippen molar-refractivity contribution < 1.29 is 14.4 Å². The molecule has 7 heteroatoms. The lowest BCUT2D eigenvalue weighted by atomic mass is 9.95. The Bertz CT molecular complexity index is 347. The van der Waals surface area contributed by atoms with E-state index in [1.165, 1.54) is 0 Å². The smallest absolute Gasteiger partial charge is 0.224 e. The highest BCUT2D eigenvalue weighted by atomic mass is 16.2. The lowest BCUT2D eigenvalue weighted by molar-refractivity contribution is -0.130. The predicted molar refractivity (Wildman–Crippen MR) is 81.6 cm³/mol. The van der Waals surface area contributed by atoms with Gasteiger partial charge in [-0.05, 0) is 20.5 Å². The topological polar surface area (TPSA) is 113 Å². The van der Waals surface area contributed by atoms with Crippen LogP contribution in [0, 0.1) is 5.92 Å². The SMILES string of the molecule is CCCC(NC)C(=O)CC(CNC)C(=O)NCCC(N)=O. The van der Waals surface area contributed by atoms with Gasteiger partial charge in [0.1, 0.15) is 0 Å². The third-order valence-corrected chi connectivity index (χ3v) is 3.25. The van der Waals surface area contributed by atoms with E-state index in [-0.39, 0.29) is 37.1 Å². The molecule has 0 fully saturated rings. The van der Waals surface area contributed by atoms with Crippen molar-refractivity contribution in [3.8, 4) is 0 Å². The molecule has 0 radical (unpaired) electrons. The van der Waals surface area contributed by atoms with Crippen LogP contribution in [0.1, 0.15) is 32.6 Å².